The molecule has 0 unspecified atom stereocenters. The van der Waals surface area contributed by atoms with Crippen LogP contribution in [0.4, 0.5) is 5.69 Å². The maximum atomic E-state index is 9.37. The van der Waals surface area contributed by atoms with Crippen molar-refractivity contribution in [1.29, 1.82) is 5.26 Å². The van der Waals surface area contributed by atoms with Crippen LogP contribution in [-0.4, -0.2) is 4.68 Å². The van der Waals surface area contributed by atoms with Crippen molar-refractivity contribution in [3.63, 3.8) is 0 Å². The summed E-state index contributed by atoms with van der Waals surface area (Å²) in [6.45, 7) is 14.7. The molecule has 3 aromatic rings. The molecule has 0 amide bonds. The number of nitrogens with zero attached hydrogens (tertiary/aromatic N) is 4. The smallest absolute Gasteiger partial charge is 0.217 e. The zero-order chi connectivity index (χ0) is 16.3. The molecule has 0 atom stereocenters. The molecule has 0 bridgehead atoms. The number of fused-ring (bicyclic) bond motifs is 5. The number of hydrogen-bond acceptors (Lipinski definition) is 1. The van der Waals surface area contributed by atoms with E-state index in [1.165, 1.54) is 22.3 Å². The number of hydrogen-bond donors (Lipinski definition) is 0. The number of aryl methyl sites for hydroxylation is 1. The van der Waals surface area contributed by atoms with E-state index in [4.69, 9.17) is 6.57 Å². The summed E-state index contributed by atoms with van der Waals surface area (Å²) in [6, 6.07) is 7.95. The lowest BCUT2D eigenvalue weighted by Crippen LogP contribution is -2.36. The van der Waals surface area contributed by atoms with E-state index < -0.39 is 0 Å². The topological polar surface area (TPSA) is 37.0 Å². The molecule has 4 heteroatoms. The Kier molecular flexibility index (Phi) is 2.62. The molecule has 0 fully saturated rings. The Morgan fingerprint density at radius 2 is 2.04 bits per heavy atom. The molecule has 2 heterocycles. The lowest BCUT2D eigenvalue weighted by molar-refractivity contribution is -0.749. The zero-order valence-corrected chi connectivity index (χ0v) is 13.3. The highest BCUT2D eigenvalue weighted by atomic mass is 15.4. The van der Waals surface area contributed by atoms with Crippen LogP contribution in [0, 0.1) is 38.7 Å². The van der Waals surface area contributed by atoms with E-state index in [1.54, 1.807) is 12.1 Å². The van der Waals surface area contributed by atoms with Crippen molar-refractivity contribution in [2.24, 2.45) is 0 Å². The molecular formula is C19H15N4+. The fraction of sp³-hybridized carbons (Fsp3) is 0.211. The average molecular weight is 299 g/mol. The van der Waals surface area contributed by atoms with Crippen molar-refractivity contribution in [2.45, 2.75) is 27.3 Å². The van der Waals surface area contributed by atoms with E-state index in [0.29, 0.717) is 11.3 Å². The summed E-state index contributed by atoms with van der Waals surface area (Å²) >= 11 is 0. The first-order chi connectivity index (χ1) is 11.1. The molecule has 4 nitrogen and oxygen atoms in total. The molecule has 0 spiro atoms. The Labute approximate surface area is 134 Å². The molecular weight excluding hydrogens is 284 g/mol. The minimum absolute atomic E-state index is 0.586. The summed E-state index contributed by atoms with van der Waals surface area (Å²) in [5.41, 5.74) is 8.27. The van der Waals surface area contributed by atoms with Crippen molar-refractivity contribution >= 4 is 16.6 Å². The van der Waals surface area contributed by atoms with Crippen molar-refractivity contribution in [2.75, 3.05) is 0 Å². The number of rotatable bonds is 0. The average Bonchev–Trinajstić information content (AvgIpc) is 3.07. The molecule has 110 valence electrons. The lowest BCUT2D eigenvalue weighted by atomic mass is 9.98. The Balaban J connectivity index is 2.19. The van der Waals surface area contributed by atoms with Crippen LogP contribution in [0.1, 0.15) is 27.8 Å². The van der Waals surface area contributed by atoms with Gasteiger partial charge in [0.15, 0.2) is 6.54 Å². The minimum atomic E-state index is 0.586. The number of aromatic nitrogens is 2. The molecule has 0 radical (unpaired) electrons. The third-order valence-corrected chi connectivity index (χ3v) is 4.93. The van der Waals surface area contributed by atoms with Crippen LogP contribution in [0.5, 0.6) is 0 Å². The largest absolute Gasteiger partial charge is 0.236 e. The highest BCUT2D eigenvalue weighted by Gasteiger charge is 2.32. The molecule has 23 heavy (non-hydrogen) atoms. The van der Waals surface area contributed by atoms with Gasteiger partial charge in [0.1, 0.15) is 11.2 Å². The van der Waals surface area contributed by atoms with Crippen LogP contribution in [-0.2, 0) is 6.54 Å². The van der Waals surface area contributed by atoms with Crippen LogP contribution in [0.15, 0.2) is 24.4 Å². The maximum Gasteiger partial charge on any atom is 0.217 e. The first-order valence-corrected chi connectivity index (χ1v) is 7.52. The van der Waals surface area contributed by atoms with E-state index in [9.17, 15) is 5.26 Å². The minimum Gasteiger partial charge on any atom is -0.236 e. The van der Waals surface area contributed by atoms with Gasteiger partial charge in [0, 0.05) is 5.56 Å². The Morgan fingerprint density at radius 3 is 2.74 bits per heavy atom. The Bertz CT molecular complexity index is 1090. The van der Waals surface area contributed by atoms with Gasteiger partial charge in [-0.15, -0.1) is 9.36 Å². The quantitative estimate of drug-likeness (QED) is 0.361. The predicted molar refractivity (Wildman–Crippen MR) is 87.8 cm³/mol. The third-order valence-electron chi connectivity index (χ3n) is 4.93. The van der Waals surface area contributed by atoms with Crippen LogP contribution in [0.2, 0.25) is 0 Å². The van der Waals surface area contributed by atoms with Crippen LogP contribution in [0.25, 0.3) is 21.4 Å². The highest BCUT2D eigenvalue weighted by Crippen LogP contribution is 2.35. The van der Waals surface area contributed by atoms with Crippen LogP contribution >= 0.6 is 0 Å². The van der Waals surface area contributed by atoms with Gasteiger partial charge in [0.2, 0.25) is 11.9 Å². The molecule has 2 aromatic carbocycles. The van der Waals surface area contributed by atoms with Gasteiger partial charge in [0.05, 0.1) is 23.6 Å². The van der Waals surface area contributed by atoms with Crippen LogP contribution < -0.4 is 4.68 Å². The maximum absolute atomic E-state index is 9.37. The van der Waals surface area contributed by atoms with Gasteiger partial charge in [-0.05, 0) is 43.5 Å². The second-order valence-electron chi connectivity index (χ2n) is 6.11. The van der Waals surface area contributed by atoms with Gasteiger partial charge in [0.25, 0.3) is 0 Å². The monoisotopic (exact) mass is 299 g/mol. The van der Waals surface area contributed by atoms with Gasteiger partial charge in [-0.2, -0.15) is 5.26 Å². The fourth-order valence-electron chi connectivity index (χ4n) is 3.57. The van der Waals surface area contributed by atoms with E-state index in [1.807, 2.05) is 6.20 Å². The van der Waals surface area contributed by atoms with Crippen molar-refractivity contribution in [3.8, 4) is 11.8 Å². The van der Waals surface area contributed by atoms with Gasteiger partial charge in [-0.25, -0.2) is 4.85 Å². The van der Waals surface area contributed by atoms with E-state index in [0.717, 1.165) is 23.1 Å². The Morgan fingerprint density at radius 1 is 1.26 bits per heavy atom. The van der Waals surface area contributed by atoms with Gasteiger partial charge >= 0.3 is 0 Å². The van der Waals surface area contributed by atoms with Gasteiger partial charge < -0.3 is 0 Å². The third kappa shape index (κ3) is 1.61. The fourth-order valence-corrected chi connectivity index (χ4v) is 3.57. The highest BCUT2D eigenvalue weighted by molar-refractivity contribution is 5.95. The van der Waals surface area contributed by atoms with Gasteiger partial charge in [-0.3, -0.25) is 0 Å². The lowest BCUT2D eigenvalue weighted by Gasteiger charge is -2.10. The zero-order valence-electron chi connectivity index (χ0n) is 13.3. The normalized spacial score (nSPS) is 11.9. The summed E-state index contributed by atoms with van der Waals surface area (Å²) in [7, 11) is 0. The van der Waals surface area contributed by atoms with E-state index in [-0.39, 0.29) is 0 Å². The summed E-state index contributed by atoms with van der Waals surface area (Å²) < 4.78 is 4.22. The van der Waals surface area contributed by atoms with Crippen LogP contribution in [0.3, 0.4) is 0 Å². The molecule has 0 N–H and O–H groups in total. The standard InChI is InChI=1S/C19H15N4/c1-11-7-15-9-22-10-16-14(8-20)5-6-17(21-4)19(16)23(22)18(15)13(3)12(11)2/h5-7,10H,9H2,1-3H3/q+1. The summed E-state index contributed by atoms with van der Waals surface area (Å²) in [5.74, 6) is 0. The van der Waals surface area contributed by atoms with E-state index >= 15 is 0 Å². The SMILES string of the molecule is [C-]#[N+]c1ccc(C#N)c2c[n+]3n(c12)-c1c(cc(C)c(C)c1C)C3. The van der Waals surface area contributed by atoms with Crippen molar-refractivity contribution in [1.82, 2.24) is 4.68 Å². The second kappa shape index (κ2) is 4.44. The molecule has 1 aliphatic rings. The summed E-state index contributed by atoms with van der Waals surface area (Å²) in [5, 5.41) is 10.2. The summed E-state index contributed by atoms with van der Waals surface area (Å²) in [6.07, 6.45) is 1.99. The number of benzene rings is 2. The first kappa shape index (κ1) is 13.5. The second-order valence-corrected chi connectivity index (χ2v) is 6.11. The van der Waals surface area contributed by atoms with Crippen molar-refractivity contribution in [3.05, 3.63) is 63.6 Å². The molecule has 4 rings (SSSR count). The molecule has 0 saturated heterocycles. The summed E-state index contributed by atoms with van der Waals surface area (Å²) in [4.78, 5) is 3.67. The molecule has 1 aliphatic heterocycles. The predicted octanol–water partition coefficient (Wildman–Crippen LogP) is 3.63. The molecule has 1 aromatic heterocycles. The van der Waals surface area contributed by atoms with Crippen molar-refractivity contribution < 1.29 is 4.68 Å². The van der Waals surface area contributed by atoms with Gasteiger partial charge in [-0.1, -0.05) is 12.1 Å². The number of nitriles is 1. The molecule has 0 saturated carbocycles. The molecule has 0 aliphatic carbocycles. The first-order valence-electron chi connectivity index (χ1n) is 7.52. The Hall–Kier alpha value is -3.11. The van der Waals surface area contributed by atoms with E-state index in [2.05, 4.69) is 47.1 Å².